The summed E-state index contributed by atoms with van der Waals surface area (Å²) >= 11 is 0. The molecule has 1 saturated carbocycles. The molecule has 3 aliphatic heterocycles. The first-order valence-corrected chi connectivity index (χ1v) is 16.4. The summed E-state index contributed by atoms with van der Waals surface area (Å²) in [7, 11) is 0. The Bertz CT molecular complexity index is 1150. The average molecular weight is 592 g/mol. The molecule has 3 heterocycles. The number of ether oxygens (including phenoxy) is 1. The molecule has 1 aromatic rings. The highest BCUT2D eigenvalue weighted by Crippen LogP contribution is 2.59. The molecule has 2 bridgehead atoms. The topological polar surface area (TPSA) is 90.4 Å². The third-order valence-electron chi connectivity index (χ3n) is 10.1. The quantitative estimate of drug-likeness (QED) is 0.240. The van der Waals surface area contributed by atoms with Gasteiger partial charge in [-0.15, -0.1) is 13.2 Å². The van der Waals surface area contributed by atoms with Gasteiger partial charge in [0.25, 0.3) is 0 Å². The number of fused-ring (bicyclic) bond motifs is 1. The first-order valence-electron chi connectivity index (χ1n) is 16.4. The lowest BCUT2D eigenvalue weighted by Gasteiger charge is -2.40. The number of benzene rings is 1. The van der Waals surface area contributed by atoms with Gasteiger partial charge in [-0.2, -0.15) is 0 Å². The fourth-order valence-corrected chi connectivity index (χ4v) is 8.21. The minimum atomic E-state index is -0.995. The smallest absolute Gasteiger partial charge is 0.248 e. The number of aliphatic hydroxyl groups excluding tert-OH is 1. The summed E-state index contributed by atoms with van der Waals surface area (Å²) in [6.45, 7) is 9.67. The van der Waals surface area contributed by atoms with Crippen molar-refractivity contribution in [1.29, 1.82) is 0 Å². The van der Waals surface area contributed by atoms with Crippen LogP contribution >= 0.6 is 0 Å². The predicted molar refractivity (Wildman–Crippen MR) is 166 cm³/mol. The van der Waals surface area contributed by atoms with Gasteiger partial charge in [-0.3, -0.25) is 14.4 Å². The van der Waals surface area contributed by atoms with Gasteiger partial charge in [-0.25, -0.2) is 0 Å². The fraction of sp³-hybridized carbons (Fsp3) is 0.629. The van der Waals surface area contributed by atoms with Crippen LogP contribution in [-0.4, -0.2) is 87.6 Å². The lowest BCUT2D eigenvalue weighted by atomic mass is 9.70. The van der Waals surface area contributed by atoms with Crippen molar-refractivity contribution in [3.63, 3.8) is 0 Å². The van der Waals surface area contributed by atoms with Crippen LogP contribution in [0.1, 0.15) is 76.2 Å². The SMILES string of the molecule is C=CCN(Cc1ccccc1)C(=O)[C@@H]1[C@H]2C(=O)N(CCCCCCO)C(C(=O)N(CC=C)C3CCCCC3)C23CC[C@H]1O3. The Balaban J connectivity index is 1.46. The molecule has 4 aliphatic rings. The third kappa shape index (κ3) is 6.18. The summed E-state index contributed by atoms with van der Waals surface area (Å²) in [6, 6.07) is 9.24. The Labute approximate surface area is 256 Å². The summed E-state index contributed by atoms with van der Waals surface area (Å²) in [5.74, 6) is -1.58. The number of amides is 3. The Morgan fingerprint density at radius 1 is 0.977 bits per heavy atom. The van der Waals surface area contributed by atoms with Crippen LogP contribution in [0, 0.1) is 11.8 Å². The molecule has 2 unspecified atom stereocenters. The highest BCUT2D eigenvalue weighted by atomic mass is 16.5. The standard InChI is InChI=1S/C35H49N3O5/c1-3-21-36(25-26-15-9-7-10-16-26)32(40)29-28-19-20-35(43-28)30(29)33(41)38(23-13-5-6-14-24-39)31(35)34(42)37(22-4-2)27-17-11-8-12-18-27/h3-4,7,9-10,15-16,27-31,39H,1-2,5-6,8,11-14,17-25H2/t28-,29+,30+,31?,35?/m1/s1. The van der Waals surface area contributed by atoms with Gasteiger partial charge in [0, 0.05) is 38.8 Å². The van der Waals surface area contributed by atoms with Crippen LogP contribution in [0.4, 0.5) is 0 Å². The van der Waals surface area contributed by atoms with Crippen molar-refractivity contribution in [2.45, 2.75) is 101 Å². The highest BCUT2D eigenvalue weighted by molar-refractivity contribution is 5.99. The van der Waals surface area contributed by atoms with E-state index in [9.17, 15) is 19.5 Å². The van der Waals surface area contributed by atoms with Crippen molar-refractivity contribution in [2.24, 2.45) is 11.8 Å². The Morgan fingerprint density at radius 2 is 1.70 bits per heavy atom. The molecule has 3 amide bonds. The van der Waals surface area contributed by atoms with Crippen LogP contribution in [0.5, 0.6) is 0 Å². The number of carbonyl (C=O) groups is 3. The number of hydrogen-bond acceptors (Lipinski definition) is 5. The minimum absolute atomic E-state index is 0.0565. The zero-order valence-electron chi connectivity index (χ0n) is 25.6. The maximum atomic E-state index is 14.7. The van der Waals surface area contributed by atoms with E-state index >= 15 is 0 Å². The van der Waals surface area contributed by atoms with E-state index in [0.29, 0.717) is 39.0 Å². The summed E-state index contributed by atoms with van der Waals surface area (Å²) in [5.41, 5.74) is 0.0182. The molecule has 0 aromatic heterocycles. The van der Waals surface area contributed by atoms with E-state index in [1.54, 1.807) is 22.0 Å². The molecule has 8 heteroatoms. The lowest BCUT2D eigenvalue weighted by Crippen LogP contribution is -2.58. The van der Waals surface area contributed by atoms with Gasteiger partial charge in [0.1, 0.15) is 11.6 Å². The number of unbranched alkanes of at least 4 members (excludes halogenated alkanes) is 3. The van der Waals surface area contributed by atoms with Crippen LogP contribution in [0.15, 0.2) is 55.6 Å². The predicted octanol–water partition coefficient (Wildman–Crippen LogP) is 4.48. The van der Waals surface area contributed by atoms with E-state index in [0.717, 1.165) is 56.9 Å². The van der Waals surface area contributed by atoms with Crippen LogP contribution in [0.3, 0.4) is 0 Å². The van der Waals surface area contributed by atoms with E-state index in [4.69, 9.17) is 4.74 Å². The van der Waals surface area contributed by atoms with Crippen molar-refractivity contribution < 1.29 is 24.2 Å². The zero-order valence-corrected chi connectivity index (χ0v) is 25.6. The average Bonchev–Trinajstić information content (AvgIpc) is 3.67. The number of carbonyl (C=O) groups excluding carboxylic acids is 3. The van der Waals surface area contributed by atoms with Crippen molar-refractivity contribution in [3.8, 4) is 0 Å². The highest BCUT2D eigenvalue weighted by Gasteiger charge is 2.74. The second-order valence-electron chi connectivity index (χ2n) is 12.8. The first kappa shape index (κ1) is 31.5. The van der Waals surface area contributed by atoms with Gasteiger partial charge in [0.05, 0.1) is 17.9 Å². The van der Waals surface area contributed by atoms with Crippen LogP contribution < -0.4 is 0 Å². The van der Waals surface area contributed by atoms with Gasteiger partial charge in [-0.1, -0.05) is 74.6 Å². The van der Waals surface area contributed by atoms with E-state index in [1.165, 1.54) is 6.42 Å². The van der Waals surface area contributed by atoms with E-state index < -0.39 is 23.5 Å². The van der Waals surface area contributed by atoms with E-state index in [-0.39, 0.29) is 36.5 Å². The molecular formula is C35H49N3O5. The normalized spacial score (nSPS) is 28.1. The molecule has 8 nitrogen and oxygen atoms in total. The molecule has 3 saturated heterocycles. The van der Waals surface area contributed by atoms with Crippen molar-refractivity contribution in [2.75, 3.05) is 26.2 Å². The third-order valence-corrected chi connectivity index (χ3v) is 10.1. The minimum Gasteiger partial charge on any atom is -0.396 e. The van der Waals surface area contributed by atoms with Gasteiger partial charge in [0.15, 0.2) is 0 Å². The van der Waals surface area contributed by atoms with Crippen molar-refractivity contribution >= 4 is 17.7 Å². The molecule has 234 valence electrons. The molecule has 1 aliphatic carbocycles. The lowest BCUT2D eigenvalue weighted by molar-refractivity contribution is -0.150. The fourth-order valence-electron chi connectivity index (χ4n) is 8.21. The molecule has 0 radical (unpaired) electrons. The molecule has 1 aromatic carbocycles. The van der Waals surface area contributed by atoms with Crippen LogP contribution in [0.25, 0.3) is 0 Å². The molecular weight excluding hydrogens is 542 g/mol. The van der Waals surface area contributed by atoms with Gasteiger partial charge in [0.2, 0.25) is 17.7 Å². The molecule has 5 atom stereocenters. The Hall–Kier alpha value is -2.97. The Kier molecular flexibility index (Phi) is 10.4. The van der Waals surface area contributed by atoms with Gasteiger partial charge < -0.3 is 24.5 Å². The molecule has 4 fully saturated rings. The van der Waals surface area contributed by atoms with Crippen LogP contribution in [-0.2, 0) is 25.7 Å². The molecule has 1 spiro atoms. The summed E-state index contributed by atoms with van der Waals surface area (Å²) in [4.78, 5) is 48.9. The summed E-state index contributed by atoms with van der Waals surface area (Å²) in [5, 5.41) is 9.22. The number of nitrogens with zero attached hydrogens (tertiary/aromatic N) is 3. The van der Waals surface area contributed by atoms with Crippen molar-refractivity contribution in [1.82, 2.24) is 14.7 Å². The first-order chi connectivity index (χ1) is 21.0. The maximum Gasteiger partial charge on any atom is 0.248 e. The van der Waals surface area contributed by atoms with Crippen LogP contribution in [0.2, 0.25) is 0 Å². The number of hydrogen-bond donors (Lipinski definition) is 1. The summed E-state index contributed by atoms with van der Waals surface area (Å²) < 4.78 is 6.75. The van der Waals surface area contributed by atoms with E-state index in [1.807, 2.05) is 35.2 Å². The van der Waals surface area contributed by atoms with Gasteiger partial charge in [-0.05, 0) is 44.1 Å². The maximum absolute atomic E-state index is 14.7. The second kappa shape index (κ2) is 14.2. The Morgan fingerprint density at radius 3 is 2.40 bits per heavy atom. The van der Waals surface area contributed by atoms with Crippen molar-refractivity contribution in [3.05, 3.63) is 61.2 Å². The number of rotatable bonds is 15. The monoisotopic (exact) mass is 591 g/mol. The number of aliphatic hydroxyl groups is 1. The summed E-state index contributed by atoms with van der Waals surface area (Å²) in [6.07, 6.45) is 12.8. The zero-order chi connectivity index (χ0) is 30.4. The number of likely N-dealkylation sites (tertiary alicyclic amines) is 1. The molecule has 1 N–H and O–H groups in total. The second-order valence-corrected chi connectivity index (χ2v) is 12.8. The van der Waals surface area contributed by atoms with Gasteiger partial charge >= 0.3 is 0 Å². The largest absolute Gasteiger partial charge is 0.396 e. The van der Waals surface area contributed by atoms with E-state index in [2.05, 4.69) is 13.2 Å². The molecule has 43 heavy (non-hydrogen) atoms. The molecule has 5 rings (SSSR count).